The van der Waals surface area contributed by atoms with Crippen LogP contribution in [0.1, 0.15) is 79.6 Å². The van der Waals surface area contributed by atoms with Gasteiger partial charge in [0.25, 0.3) is 0 Å². The van der Waals surface area contributed by atoms with Crippen LogP contribution < -0.4 is 0 Å². The summed E-state index contributed by atoms with van der Waals surface area (Å²) in [6.45, 7) is 12.7. The fourth-order valence-corrected chi connectivity index (χ4v) is 6.66. The van der Waals surface area contributed by atoms with Crippen LogP contribution in [0.4, 0.5) is 0 Å². The first-order chi connectivity index (χ1) is 9.43. The predicted octanol–water partition coefficient (Wildman–Crippen LogP) is 6.16. The maximum atomic E-state index is 2.70. The Hall–Kier alpha value is 0. The SMILES string of the molecule is CC1CCC2C(C)CCC2[C@]2(C)CC[C@@H](C(C)C)C2C1. The highest BCUT2D eigenvalue weighted by Gasteiger charge is 2.54. The molecular formula is C20H36. The minimum Gasteiger partial charge on any atom is -0.0625 e. The molecule has 0 saturated heterocycles. The van der Waals surface area contributed by atoms with Crippen LogP contribution in [0.5, 0.6) is 0 Å². The Labute approximate surface area is 127 Å². The zero-order valence-corrected chi connectivity index (χ0v) is 14.5. The smallest absolute Gasteiger partial charge is 0.0264 e. The topological polar surface area (TPSA) is 0 Å². The van der Waals surface area contributed by atoms with Gasteiger partial charge in [-0.2, -0.15) is 0 Å². The molecule has 3 rings (SSSR count). The van der Waals surface area contributed by atoms with E-state index in [1.807, 2.05) is 0 Å². The average molecular weight is 277 g/mol. The Kier molecular flexibility index (Phi) is 3.97. The highest BCUT2D eigenvalue weighted by molar-refractivity contribution is 5.04. The van der Waals surface area contributed by atoms with Crippen molar-refractivity contribution in [1.29, 1.82) is 0 Å². The van der Waals surface area contributed by atoms with Crippen molar-refractivity contribution in [2.24, 2.45) is 46.8 Å². The minimum absolute atomic E-state index is 0.680. The second kappa shape index (κ2) is 5.33. The van der Waals surface area contributed by atoms with Crippen molar-refractivity contribution < 1.29 is 0 Å². The first kappa shape index (κ1) is 14.9. The van der Waals surface area contributed by atoms with Crippen LogP contribution >= 0.6 is 0 Å². The van der Waals surface area contributed by atoms with Gasteiger partial charge in [-0.3, -0.25) is 0 Å². The van der Waals surface area contributed by atoms with Gasteiger partial charge in [0.15, 0.2) is 0 Å². The molecule has 3 fully saturated rings. The molecular weight excluding hydrogens is 240 g/mol. The Bertz CT molecular complexity index is 344. The number of rotatable bonds is 1. The monoisotopic (exact) mass is 276 g/mol. The van der Waals surface area contributed by atoms with Gasteiger partial charge < -0.3 is 0 Å². The summed E-state index contributed by atoms with van der Waals surface area (Å²) in [5.74, 6) is 7.00. The van der Waals surface area contributed by atoms with Crippen molar-refractivity contribution in [1.82, 2.24) is 0 Å². The molecule has 0 heteroatoms. The largest absolute Gasteiger partial charge is 0.0625 e. The van der Waals surface area contributed by atoms with Gasteiger partial charge in [-0.05, 0) is 78.9 Å². The first-order valence-electron chi connectivity index (χ1n) is 9.43. The van der Waals surface area contributed by atoms with Crippen molar-refractivity contribution in [3.63, 3.8) is 0 Å². The molecule has 0 amide bonds. The zero-order chi connectivity index (χ0) is 14.5. The summed E-state index contributed by atoms with van der Waals surface area (Å²) in [4.78, 5) is 0. The molecule has 20 heavy (non-hydrogen) atoms. The number of hydrogen-bond acceptors (Lipinski definition) is 0. The zero-order valence-electron chi connectivity index (χ0n) is 14.5. The van der Waals surface area contributed by atoms with Crippen LogP contribution in [0.15, 0.2) is 0 Å². The first-order valence-corrected chi connectivity index (χ1v) is 9.43. The Morgan fingerprint density at radius 3 is 2.35 bits per heavy atom. The lowest BCUT2D eigenvalue weighted by Gasteiger charge is -2.46. The molecule has 0 aromatic carbocycles. The maximum Gasteiger partial charge on any atom is -0.0264 e. The molecule has 0 aromatic rings. The van der Waals surface area contributed by atoms with E-state index in [-0.39, 0.29) is 0 Å². The average Bonchev–Trinajstić information content (AvgIpc) is 2.89. The van der Waals surface area contributed by atoms with E-state index in [1.54, 1.807) is 0 Å². The van der Waals surface area contributed by atoms with Crippen molar-refractivity contribution in [2.45, 2.75) is 79.6 Å². The van der Waals surface area contributed by atoms with E-state index in [1.165, 1.54) is 44.9 Å². The maximum absolute atomic E-state index is 2.70. The molecule has 7 atom stereocenters. The summed E-state index contributed by atoms with van der Waals surface area (Å²) in [5.41, 5.74) is 0.680. The summed E-state index contributed by atoms with van der Waals surface area (Å²) in [7, 11) is 0. The van der Waals surface area contributed by atoms with Gasteiger partial charge in [0.1, 0.15) is 0 Å². The summed E-state index contributed by atoms with van der Waals surface area (Å²) in [6.07, 6.45) is 10.7. The molecule has 0 bridgehead atoms. The van der Waals surface area contributed by atoms with E-state index in [2.05, 4.69) is 34.6 Å². The highest BCUT2D eigenvalue weighted by Crippen LogP contribution is 2.63. The predicted molar refractivity (Wildman–Crippen MR) is 87.6 cm³/mol. The van der Waals surface area contributed by atoms with Crippen molar-refractivity contribution in [3.05, 3.63) is 0 Å². The summed E-state index contributed by atoms with van der Waals surface area (Å²) in [5, 5.41) is 0. The Morgan fingerprint density at radius 2 is 1.65 bits per heavy atom. The lowest BCUT2D eigenvalue weighted by molar-refractivity contribution is 0.0232. The van der Waals surface area contributed by atoms with Crippen LogP contribution in [-0.4, -0.2) is 0 Å². The van der Waals surface area contributed by atoms with Crippen LogP contribution in [0.3, 0.4) is 0 Å². The van der Waals surface area contributed by atoms with Crippen molar-refractivity contribution in [2.75, 3.05) is 0 Å². The van der Waals surface area contributed by atoms with E-state index in [0.717, 1.165) is 41.4 Å². The third-order valence-electron chi connectivity index (χ3n) is 7.91. The van der Waals surface area contributed by atoms with Crippen molar-refractivity contribution in [3.8, 4) is 0 Å². The molecule has 3 aliphatic rings. The van der Waals surface area contributed by atoms with Gasteiger partial charge in [0.05, 0.1) is 0 Å². The quantitative estimate of drug-likeness (QED) is 0.538. The highest BCUT2D eigenvalue weighted by atomic mass is 14.6. The van der Waals surface area contributed by atoms with E-state index >= 15 is 0 Å². The van der Waals surface area contributed by atoms with E-state index in [4.69, 9.17) is 0 Å². The van der Waals surface area contributed by atoms with Gasteiger partial charge in [0.2, 0.25) is 0 Å². The molecule has 0 nitrogen and oxygen atoms in total. The van der Waals surface area contributed by atoms with Crippen LogP contribution in [0.2, 0.25) is 0 Å². The number of fused-ring (bicyclic) bond motifs is 3. The van der Waals surface area contributed by atoms with Gasteiger partial charge in [0, 0.05) is 0 Å². The summed E-state index contributed by atoms with van der Waals surface area (Å²) >= 11 is 0. The Morgan fingerprint density at radius 1 is 0.900 bits per heavy atom. The van der Waals surface area contributed by atoms with E-state index in [0.29, 0.717) is 5.41 Å². The van der Waals surface area contributed by atoms with Crippen molar-refractivity contribution >= 4 is 0 Å². The molecule has 5 unspecified atom stereocenters. The fourth-order valence-electron chi connectivity index (χ4n) is 6.66. The third-order valence-corrected chi connectivity index (χ3v) is 7.91. The second-order valence-corrected chi connectivity index (χ2v) is 9.30. The fraction of sp³-hybridized carbons (Fsp3) is 1.00. The molecule has 3 aliphatic carbocycles. The third kappa shape index (κ3) is 2.26. The minimum atomic E-state index is 0.680. The molecule has 0 N–H and O–H groups in total. The molecule has 0 aromatic heterocycles. The molecule has 0 aliphatic heterocycles. The van der Waals surface area contributed by atoms with Gasteiger partial charge in [-0.15, -0.1) is 0 Å². The van der Waals surface area contributed by atoms with E-state index < -0.39 is 0 Å². The second-order valence-electron chi connectivity index (χ2n) is 9.30. The van der Waals surface area contributed by atoms with Gasteiger partial charge >= 0.3 is 0 Å². The Balaban J connectivity index is 1.92. The lowest BCUT2D eigenvalue weighted by atomic mass is 9.58. The summed E-state index contributed by atoms with van der Waals surface area (Å²) in [6, 6.07) is 0. The lowest BCUT2D eigenvalue weighted by Crippen LogP contribution is -2.39. The summed E-state index contributed by atoms with van der Waals surface area (Å²) < 4.78 is 0. The number of hydrogen-bond donors (Lipinski definition) is 0. The molecule has 0 radical (unpaired) electrons. The molecule has 0 spiro atoms. The van der Waals surface area contributed by atoms with Crippen LogP contribution in [0.25, 0.3) is 0 Å². The normalized spacial score (nSPS) is 52.5. The molecule has 116 valence electrons. The van der Waals surface area contributed by atoms with Gasteiger partial charge in [-0.1, -0.05) is 47.5 Å². The van der Waals surface area contributed by atoms with Crippen LogP contribution in [-0.2, 0) is 0 Å². The standard InChI is InChI=1S/C20H36/c1-13(2)16-10-11-20(5)18-9-7-15(4)17(18)8-6-14(3)12-19(16)20/h13-19H,6-12H2,1-5H3/t14?,15?,16-,17?,18?,19?,20-/m0/s1. The van der Waals surface area contributed by atoms with Crippen LogP contribution in [0, 0.1) is 46.8 Å². The molecule has 3 saturated carbocycles. The van der Waals surface area contributed by atoms with E-state index in [9.17, 15) is 0 Å². The van der Waals surface area contributed by atoms with Gasteiger partial charge in [-0.25, -0.2) is 0 Å². The molecule has 0 heterocycles.